The Labute approximate surface area is 92.8 Å². The Kier molecular flexibility index (Phi) is 4.29. The van der Waals surface area contributed by atoms with Gasteiger partial charge in [-0.2, -0.15) is 4.58 Å². The molecule has 15 heavy (non-hydrogen) atoms. The van der Waals surface area contributed by atoms with Gasteiger partial charge in [0.25, 0.3) is 0 Å². The Hall–Kier alpha value is -1.37. The number of fused-ring (bicyclic) bond motifs is 1. The van der Waals surface area contributed by atoms with Gasteiger partial charge in [0.1, 0.15) is 7.05 Å². The summed E-state index contributed by atoms with van der Waals surface area (Å²) in [6, 6.07) is 8.56. The first-order valence-electron chi connectivity index (χ1n) is 5.63. The first-order valence-corrected chi connectivity index (χ1v) is 5.63. The van der Waals surface area contributed by atoms with Crippen molar-refractivity contribution in [2.45, 2.75) is 27.2 Å². The summed E-state index contributed by atoms with van der Waals surface area (Å²) in [4.78, 5) is 0. The zero-order valence-electron chi connectivity index (χ0n) is 10.1. The van der Waals surface area contributed by atoms with Crippen LogP contribution in [0.5, 0.6) is 0 Å². The molecule has 0 bridgehead atoms. The second-order valence-corrected chi connectivity index (χ2v) is 3.36. The first kappa shape index (κ1) is 11.7. The molecule has 0 fully saturated rings. The SMILES string of the molecule is C/C=C/C1=[N+](C)c2ccccc2C1.CC. The van der Waals surface area contributed by atoms with Crippen molar-refractivity contribution < 1.29 is 4.58 Å². The van der Waals surface area contributed by atoms with Crippen molar-refractivity contribution in [3.63, 3.8) is 0 Å². The number of hydrogen-bond donors (Lipinski definition) is 0. The van der Waals surface area contributed by atoms with E-state index in [1.54, 1.807) is 0 Å². The van der Waals surface area contributed by atoms with Crippen LogP contribution in [0.3, 0.4) is 0 Å². The molecule has 0 saturated heterocycles. The van der Waals surface area contributed by atoms with E-state index in [-0.39, 0.29) is 0 Å². The van der Waals surface area contributed by atoms with Crippen LogP contribution in [0, 0.1) is 0 Å². The van der Waals surface area contributed by atoms with Crippen molar-refractivity contribution >= 4 is 11.4 Å². The Balaban J connectivity index is 0.000000531. The summed E-state index contributed by atoms with van der Waals surface area (Å²) in [5, 5.41) is 0. The molecule has 1 nitrogen and oxygen atoms in total. The van der Waals surface area contributed by atoms with Gasteiger partial charge in [-0.25, -0.2) is 0 Å². The summed E-state index contributed by atoms with van der Waals surface area (Å²) in [6.45, 7) is 6.06. The van der Waals surface area contributed by atoms with Crippen LogP contribution in [0.1, 0.15) is 26.3 Å². The highest BCUT2D eigenvalue weighted by molar-refractivity contribution is 5.95. The predicted molar refractivity (Wildman–Crippen MR) is 67.2 cm³/mol. The van der Waals surface area contributed by atoms with Crippen LogP contribution < -0.4 is 0 Å². The Bertz CT molecular complexity index is 386. The molecule has 1 aromatic carbocycles. The standard InChI is InChI=1S/C12H14N.C2H6/c1-3-6-11-9-10-7-4-5-8-12(10)13(11)2;1-2/h3-8H,9H2,1-2H3;1-2H3/q+1;/b6-3+;. The average molecular weight is 202 g/mol. The third-order valence-electron chi connectivity index (χ3n) is 2.51. The van der Waals surface area contributed by atoms with Crippen LogP contribution in [-0.4, -0.2) is 17.3 Å². The minimum atomic E-state index is 1.07. The van der Waals surface area contributed by atoms with E-state index in [0.29, 0.717) is 0 Å². The van der Waals surface area contributed by atoms with Gasteiger partial charge >= 0.3 is 0 Å². The lowest BCUT2D eigenvalue weighted by molar-refractivity contribution is -0.400. The predicted octanol–water partition coefficient (Wildman–Crippen LogP) is 3.56. The fourth-order valence-corrected chi connectivity index (χ4v) is 1.82. The quantitative estimate of drug-likeness (QED) is 0.613. The van der Waals surface area contributed by atoms with Crippen molar-refractivity contribution in [1.82, 2.24) is 0 Å². The maximum atomic E-state index is 2.26. The van der Waals surface area contributed by atoms with Crippen molar-refractivity contribution in [3.8, 4) is 0 Å². The molecule has 1 aliphatic rings. The zero-order valence-corrected chi connectivity index (χ0v) is 10.1. The highest BCUT2D eigenvalue weighted by atomic mass is 15.0. The lowest BCUT2D eigenvalue weighted by Gasteiger charge is -1.91. The maximum Gasteiger partial charge on any atom is 0.208 e. The van der Waals surface area contributed by atoms with Crippen LogP contribution in [0.25, 0.3) is 0 Å². The number of benzene rings is 1. The van der Waals surface area contributed by atoms with Gasteiger partial charge in [0.2, 0.25) is 5.69 Å². The van der Waals surface area contributed by atoms with Gasteiger partial charge in [0.15, 0.2) is 5.71 Å². The minimum Gasteiger partial charge on any atom is -0.198 e. The molecule has 0 N–H and O–H groups in total. The van der Waals surface area contributed by atoms with Crippen molar-refractivity contribution in [3.05, 3.63) is 42.0 Å². The molecule has 80 valence electrons. The van der Waals surface area contributed by atoms with E-state index in [2.05, 4.69) is 55.0 Å². The van der Waals surface area contributed by atoms with Crippen LogP contribution in [0.2, 0.25) is 0 Å². The molecule has 1 heterocycles. The van der Waals surface area contributed by atoms with Crippen molar-refractivity contribution in [1.29, 1.82) is 0 Å². The lowest BCUT2D eigenvalue weighted by atomic mass is 10.1. The molecule has 0 aliphatic carbocycles. The Morgan fingerprint density at radius 1 is 1.20 bits per heavy atom. The molecule has 0 amide bonds. The van der Waals surface area contributed by atoms with Crippen LogP contribution in [0.15, 0.2) is 36.4 Å². The van der Waals surface area contributed by atoms with Gasteiger partial charge in [-0.3, -0.25) is 0 Å². The second-order valence-electron chi connectivity index (χ2n) is 3.36. The van der Waals surface area contributed by atoms with Gasteiger partial charge in [-0.05, 0) is 6.92 Å². The molecular weight excluding hydrogens is 182 g/mol. The smallest absolute Gasteiger partial charge is 0.198 e. The first-order chi connectivity index (χ1) is 7.33. The molecule has 1 heteroatoms. The van der Waals surface area contributed by atoms with E-state index >= 15 is 0 Å². The van der Waals surface area contributed by atoms with Crippen molar-refractivity contribution in [2.75, 3.05) is 7.05 Å². The number of hydrogen-bond acceptors (Lipinski definition) is 0. The highest BCUT2D eigenvalue weighted by Crippen LogP contribution is 2.24. The third-order valence-corrected chi connectivity index (χ3v) is 2.51. The highest BCUT2D eigenvalue weighted by Gasteiger charge is 2.23. The molecule has 0 radical (unpaired) electrons. The van der Waals surface area contributed by atoms with Gasteiger partial charge in [-0.15, -0.1) is 0 Å². The molecular formula is C14H20N+. The summed E-state index contributed by atoms with van der Waals surface area (Å²) in [5.74, 6) is 0. The van der Waals surface area contributed by atoms with Gasteiger partial charge in [-0.1, -0.05) is 38.1 Å². The van der Waals surface area contributed by atoms with Crippen LogP contribution in [0.4, 0.5) is 5.69 Å². The van der Waals surface area contributed by atoms with Gasteiger partial charge < -0.3 is 0 Å². The largest absolute Gasteiger partial charge is 0.208 e. The third kappa shape index (κ3) is 2.35. The van der Waals surface area contributed by atoms with Gasteiger partial charge in [0, 0.05) is 17.7 Å². The normalized spacial score (nSPS) is 13.9. The van der Waals surface area contributed by atoms with E-state index in [4.69, 9.17) is 0 Å². The summed E-state index contributed by atoms with van der Waals surface area (Å²) in [6.07, 6.45) is 5.34. The van der Waals surface area contributed by atoms with Gasteiger partial charge in [0.05, 0.1) is 6.42 Å². The second kappa shape index (κ2) is 5.50. The molecule has 0 aromatic heterocycles. The maximum absolute atomic E-state index is 2.26. The molecule has 2 rings (SSSR count). The lowest BCUT2D eigenvalue weighted by Crippen LogP contribution is -2.04. The zero-order chi connectivity index (χ0) is 11.3. The van der Waals surface area contributed by atoms with E-state index in [9.17, 15) is 0 Å². The molecule has 0 atom stereocenters. The number of nitrogens with zero attached hydrogens (tertiary/aromatic N) is 1. The van der Waals surface area contributed by atoms with E-state index in [1.807, 2.05) is 13.8 Å². The number of para-hydroxylation sites is 1. The van der Waals surface area contributed by atoms with Crippen molar-refractivity contribution in [2.24, 2.45) is 0 Å². The molecule has 0 unspecified atom stereocenters. The Morgan fingerprint density at radius 3 is 2.47 bits per heavy atom. The fourth-order valence-electron chi connectivity index (χ4n) is 1.82. The summed E-state index contributed by atoms with van der Waals surface area (Å²) < 4.78 is 2.26. The topological polar surface area (TPSA) is 3.01 Å². The average Bonchev–Trinajstić information content (AvgIpc) is 2.60. The van der Waals surface area contributed by atoms with Crippen LogP contribution in [-0.2, 0) is 6.42 Å². The van der Waals surface area contributed by atoms with E-state index < -0.39 is 0 Å². The monoisotopic (exact) mass is 202 g/mol. The summed E-state index contributed by atoms with van der Waals surface area (Å²) >= 11 is 0. The summed E-state index contributed by atoms with van der Waals surface area (Å²) in [7, 11) is 2.13. The molecule has 0 saturated carbocycles. The van der Waals surface area contributed by atoms with Crippen LogP contribution >= 0.6 is 0 Å². The fraction of sp³-hybridized carbons (Fsp3) is 0.357. The number of rotatable bonds is 1. The Morgan fingerprint density at radius 2 is 1.87 bits per heavy atom. The number of allylic oxidation sites excluding steroid dienone is 2. The molecule has 1 aromatic rings. The molecule has 1 aliphatic heterocycles. The minimum absolute atomic E-state index is 1.07. The van der Waals surface area contributed by atoms with E-state index in [1.165, 1.54) is 17.0 Å². The molecule has 0 spiro atoms. The summed E-state index contributed by atoms with van der Waals surface area (Å²) in [5.41, 5.74) is 4.15. The van der Waals surface area contributed by atoms with E-state index in [0.717, 1.165) is 6.42 Å².